The van der Waals surface area contributed by atoms with Crippen molar-refractivity contribution in [2.24, 2.45) is 0 Å². The standard InChI is InChI=1S/C15H10N4O3S/c20-19(21)11-4-5-13-12(7-11)17-15(22-13)23-9-10-8-18-6-2-1-3-14(18)16-10/h1-8H,9H2. The highest BCUT2D eigenvalue weighted by molar-refractivity contribution is 7.98. The van der Waals surface area contributed by atoms with Crippen LogP contribution in [-0.4, -0.2) is 19.3 Å². The van der Waals surface area contributed by atoms with Gasteiger partial charge in [-0.15, -0.1) is 0 Å². The fourth-order valence-corrected chi connectivity index (χ4v) is 2.98. The number of aromatic nitrogens is 3. The summed E-state index contributed by atoms with van der Waals surface area (Å²) < 4.78 is 7.54. The first-order valence-electron chi connectivity index (χ1n) is 6.79. The second-order valence-electron chi connectivity index (χ2n) is 4.88. The normalized spacial score (nSPS) is 11.3. The van der Waals surface area contributed by atoms with Crippen molar-refractivity contribution in [3.63, 3.8) is 0 Å². The van der Waals surface area contributed by atoms with E-state index in [1.807, 2.05) is 35.0 Å². The number of nitrogens with zero attached hydrogens (tertiary/aromatic N) is 4. The average Bonchev–Trinajstić information content (AvgIpc) is 3.14. The summed E-state index contributed by atoms with van der Waals surface area (Å²) in [5, 5.41) is 11.2. The van der Waals surface area contributed by atoms with E-state index in [2.05, 4.69) is 9.97 Å². The molecule has 0 amide bonds. The second-order valence-corrected chi connectivity index (χ2v) is 5.80. The van der Waals surface area contributed by atoms with E-state index in [1.54, 1.807) is 6.07 Å². The van der Waals surface area contributed by atoms with Crippen LogP contribution in [0.2, 0.25) is 0 Å². The first-order valence-corrected chi connectivity index (χ1v) is 7.78. The molecular formula is C15H10N4O3S. The van der Waals surface area contributed by atoms with E-state index in [0.29, 0.717) is 22.1 Å². The summed E-state index contributed by atoms with van der Waals surface area (Å²) in [6, 6.07) is 10.2. The van der Waals surface area contributed by atoms with Gasteiger partial charge in [0, 0.05) is 30.3 Å². The van der Waals surface area contributed by atoms with Crippen molar-refractivity contribution < 1.29 is 9.34 Å². The summed E-state index contributed by atoms with van der Waals surface area (Å²) in [5.41, 5.74) is 2.82. The number of rotatable bonds is 4. The van der Waals surface area contributed by atoms with Gasteiger partial charge in [0.2, 0.25) is 0 Å². The first kappa shape index (κ1) is 13.8. The smallest absolute Gasteiger partial charge is 0.271 e. The molecular weight excluding hydrogens is 316 g/mol. The number of thioether (sulfide) groups is 1. The number of fused-ring (bicyclic) bond motifs is 2. The molecule has 23 heavy (non-hydrogen) atoms. The van der Waals surface area contributed by atoms with Crippen LogP contribution in [0.15, 0.2) is 58.4 Å². The summed E-state index contributed by atoms with van der Waals surface area (Å²) in [7, 11) is 0. The highest BCUT2D eigenvalue weighted by Gasteiger charge is 2.12. The molecule has 1 aromatic carbocycles. The molecule has 3 heterocycles. The zero-order chi connectivity index (χ0) is 15.8. The molecule has 0 unspecified atom stereocenters. The second kappa shape index (κ2) is 5.40. The van der Waals surface area contributed by atoms with Crippen LogP contribution in [-0.2, 0) is 5.75 Å². The van der Waals surface area contributed by atoms with Gasteiger partial charge in [-0.1, -0.05) is 17.8 Å². The molecule has 0 saturated carbocycles. The van der Waals surface area contributed by atoms with Gasteiger partial charge in [-0.3, -0.25) is 10.1 Å². The third kappa shape index (κ3) is 2.64. The fourth-order valence-electron chi connectivity index (χ4n) is 2.26. The van der Waals surface area contributed by atoms with Gasteiger partial charge in [-0.2, -0.15) is 0 Å². The van der Waals surface area contributed by atoms with Gasteiger partial charge in [0.1, 0.15) is 11.2 Å². The van der Waals surface area contributed by atoms with Gasteiger partial charge in [0.25, 0.3) is 10.9 Å². The summed E-state index contributed by atoms with van der Waals surface area (Å²) in [6.07, 6.45) is 3.89. The molecule has 4 aromatic rings. The third-order valence-electron chi connectivity index (χ3n) is 3.32. The molecule has 0 aliphatic rings. The Kier molecular flexibility index (Phi) is 3.23. The molecule has 0 fully saturated rings. The maximum Gasteiger partial charge on any atom is 0.271 e. The van der Waals surface area contributed by atoms with Crippen molar-refractivity contribution in [3.8, 4) is 0 Å². The van der Waals surface area contributed by atoms with Crippen LogP contribution >= 0.6 is 11.8 Å². The molecule has 0 N–H and O–H groups in total. The van der Waals surface area contributed by atoms with E-state index < -0.39 is 4.92 Å². The van der Waals surface area contributed by atoms with Gasteiger partial charge >= 0.3 is 0 Å². The predicted octanol–water partition coefficient (Wildman–Crippen LogP) is 3.68. The minimum Gasteiger partial charge on any atom is -0.431 e. The number of nitro groups is 1. The van der Waals surface area contributed by atoms with Crippen molar-refractivity contribution in [2.45, 2.75) is 11.0 Å². The lowest BCUT2D eigenvalue weighted by atomic mass is 10.3. The maximum absolute atomic E-state index is 10.8. The Labute approximate surface area is 134 Å². The molecule has 0 bridgehead atoms. The number of hydrogen-bond donors (Lipinski definition) is 0. The monoisotopic (exact) mass is 326 g/mol. The van der Waals surface area contributed by atoms with Crippen LogP contribution < -0.4 is 0 Å². The van der Waals surface area contributed by atoms with Gasteiger partial charge in [-0.05, 0) is 18.2 Å². The lowest BCUT2D eigenvalue weighted by Gasteiger charge is -1.91. The molecule has 3 aromatic heterocycles. The van der Waals surface area contributed by atoms with E-state index in [1.165, 1.54) is 23.9 Å². The number of pyridine rings is 1. The lowest BCUT2D eigenvalue weighted by Crippen LogP contribution is -1.86. The zero-order valence-electron chi connectivity index (χ0n) is 11.7. The van der Waals surface area contributed by atoms with Crippen LogP contribution in [0.25, 0.3) is 16.7 Å². The van der Waals surface area contributed by atoms with E-state index >= 15 is 0 Å². The molecule has 8 heteroatoms. The minimum atomic E-state index is -0.447. The van der Waals surface area contributed by atoms with Crippen molar-refractivity contribution >= 4 is 34.2 Å². The summed E-state index contributed by atoms with van der Waals surface area (Å²) in [6.45, 7) is 0. The van der Waals surface area contributed by atoms with Crippen molar-refractivity contribution in [2.75, 3.05) is 0 Å². The van der Waals surface area contributed by atoms with E-state index in [0.717, 1.165) is 11.3 Å². The van der Waals surface area contributed by atoms with E-state index in [4.69, 9.17) is 4.42 Å². The minimum absolute atomic E-state index is 0.00250. The van der Waals surface area contributed by atoms with Crippen LogP contribution in [0, 0.1) is 10.1 Å². The third-order valence-corrected chi connectivity index (χ3v) is 4.18. The van der Waals surface area contributed by atoms with Gasteiger partial charge < -0.3 is 8.82 Å². The Hall–Kier alpha value is -2.87. The van der Waals surface area contributed by atoms with Gasteiger partial charge in [0.05, 0.1) is 10.6 Å². The Morgan fingerprint density at radius 1 is 1.26 bits per heavy atom. The fraction of sp³-hybridized carbons (Fsp3) is 0.0667. The highest BCUT2D eigenvalue weighted by atomic mass is 32.2. The maximum atomic E-state index is 10.8. The molecule has 4 rings (SSSR count). The number of oxazole rings is 1. The lowest BCUT2D eigenvalue weighted by molar-refractivity contribution is -0.384. The summed E-state index contributed by atoms with van der Waals surface area (Å²) in [5.74, 6) is 0.608. The van der Waals surface area contributed by atoms with Crippen LogP contribution in [0.5, 0.6) is 0 Å². The number of hydrogen-bond acceptors (Lipinski definition) is 6. The molecule has 0 aliphatic heterocycles. The molecule has 0 atom stereocenters. The molecule has 0 aliphatic carbocycles. The Morgan fingerprint density at radius 2 is 2.17 bits per heavy atom. The summed E-state index contributed by atoms with van der Waals surface area (Å²) in [4.78, 5) is 19.1. The van der Waals surface area contributed by atoms with Gasteiger partial charge in [-0.25, -0.2) is 9.97 Å². The van der Waals surface area contributed by atoms with Crippen molar-refractivity contribution in [1.82, 2.24) is 14.4 Å². The largest absolute Gasteiger partial charge is 0.431 e. The number of non-ortho nitro benzene ring substituents is 1. The van der Waals surface area contributed by atoms with Crippen LogP contribution in [0.1, 0.15) is 5.69 Å². The quantitative estimate of drug-likeness (QED) is 0.323. The highest BCUT2D eigenvalue weighted by Crippen LogP contribution is 2.28. The van der Waals surface area contributed by atoms with Gasteiger partial charge in [0.15, 0.2) is 5.58 Å². The predicted molar refractivity (Wildman–Crippen MR) is 85.4 cm³/mol. The zero-order valence-corrected chi connectivity index (χ0v) is 12.6. The Bertz CT molecular complexity index is 991. The van der Waals surface area contributed by atoms with Crippen molar-refractivity contribution in [1.29, 1.82) is 0 Å². The van der Waals surface area contributed by atoms with E-state index in [9.17, 15) is 10.1 Å². The molecule has 7 nitrogen and oxygen atoms in total. The Balaban J connectivity index is 1.56. The average molecular weight is 326 g/mol. The first-order chi connectivity index (χ1) is 11.2. The molecule has 0 saturated heterocycles. The molecule has 0 radical (unpaired) electrons. The SMILES string of the molecule is O=[N+]([O-])c1ccc2oc(SCc3cn4ccccc4n3)nc2c1. The van der Waals surface area contributed by atoms with Crippen molar-refractivity contribution in [3.05, 3.63) is 64.6 Å². The topological polar surface area (TPSA) is 86.5 Å². The molecule has 0 spiro atoms. The number of imidazole rings is 1. The number of benzene rings is 1. The summed E-state index contributed by atoms with van der Waals surface area (Å²) >= 11 is 1.41. The van der Waals surface area contributed by atoms with E-state index in [-0.39, 0.29) is 5.69 Å². The van der Waals surface area contributed by atoms with Crippen LogP contribution in [0.3, 0.4) is 0 Å². The molecule has 114 valence electrons. The Morgan fingerprint density at radius 3 is 3.00 bits per heavy atom. The number of nitro benzene ring substituents is 1. The van der Waals surface area contributed by atoms with Crippen LogP contribution in [0.4, 0.5) is 5.69 Å².